The highest BCUT2D eigenvalue weighted by Crippen LogP contribution is 2.67. The maximum absolute atomic E-state index is 12.8. The van der Waals surface area contributed by atoms with Crippen LogP contribution in [0.3, 0.4) is 0 Å². The van der Waals surface area contributed by atoms with Crippen LogP contribution in [0.1, 0.15) is 65.7 Å². The lowest BCUT2D eigenvalue weighted by Gasteiger charge is -2.58. The molecule has 4 aliphatic carbocycles. The summed E-state index contributed by atoms with van der Waals surface area (Å²) in [5.41, 5.74) is 7.24. The molecule has 8 atom stereocenters. The first-order valence-electron chi connectivity index (χ1n) is 11.4. The molecule has 0 aromatic heterocycles. The summed E-state index contributed by atoms with van der Waals surface area (Å²) in [7, 11) is 0. The number of hydrogen-bond donors (Lipinski definition) is 2. The number of carboxylic acid groups (broad SMARTS) is 1. The molecule has 0 aromatic carbocycles. The summed E-state index contributed by atoms with van der Waals surface area (Å²) >= 11 is 1.60. The number of nitrogens with two attached hydrogens (primary N) is 1. The Kier molecular flexibility index (Phi) is 5.72. The lowest BCUT2D eigenvalue weighted by molar-refractivity contribution is -0.138. The fraction of sp³-hybridized carbons (Fsp3) is 0.792. The summed E-state index contributed by atoms with van der Waals surface area (Å²) < 4.78 is 0. The molecule has 0 aliphatic heterocycles. The molecule has 0 amide bonds. The van der Waals surface area contributed by atoms with Crippen LogP contribution in [0.5, 0.6) is 0 Å². The van der Waals surface area contributed by atoms with E-state index >= 15 is 0 Å². The number of thioether (sulfide) groups is 1. The van der Waals surface area contributed by atoms with Gasteiger partial charge in [0, 0.05) is 23.3 Å². The molecule has 3 saturated carbocycles. The van der Waals surface area contributed by atoms with Crippen molar-refractivity contribution in [2.24, 2.45) is 40.2 Å². The van der Waals surface area contributed by atoms with Crippen molar-refractivity contribution < 1.29 is 19.5 Å². The van der Waals surface area contributed by atoms with E-state index in [2.05, 4.69) is 13.8 Å². The Labute approximate surface area is 183 Å². The number of carbonyl (C=O) groups is 3. The van der Waals surface area contributed by atoms with Crippen LogP contribution in [-0.2, 0) is 14.4 Å². The van der Waals surface area contributed by atoms with Crippen LogP contribution < -0.4 is 5.73 Å². The Morgan fingerprint density at radius 3 is 2.63 bits per heavy atom. The Morgan fingerprint density at radius 1 is 1.23 bits per heavy atom. The van der Waals surface area contributed by atoms with Gasteiger partial charge >= 0.3 is 5.97 Å². The number of rotatable bonds is 5. The van der Waals surface area contributed by atoms with E-state index in [0.29, 0.717) is 29.9 Å². The maximum atomic E-state index is 12.8. The number of allylic oxidation sites excluding steroid dienone is 1. The lowest BCUT2D eigenvalue weighted by Crippen LogP contribution is -2.51. The minimum Gasteiger partial charge on any atom is -0.480 e. The van der Waals surface area contributed by atoms with Crippen LogP contribution in [0, 0.1) is 34.5 Å². The molecule has 3 fully saturated rings. The van der Waals surface area contributed by atoms with E-state index in [-0.39, 0.29) is 33.6 Å². The Morgan fingerprint density at radius 2 is 1.97 bits per heavy atom. The predicted molar refractivity (Wildman–Crippen MR) is 118 cm³/mol. The minimum absolute atomic E-state index is 0.0138. The van der Waals surface area contributed by atoms with Gasteiger partial charge in [0.2, 0.25) is 0 Å². The first kappa shape index (κ1) is 22.1. The summed E-state index contributed by atoms with van der Waals surface area (Å²) in [6.45, 7) is 6.40. The molecule has 5 nitrogen and oxygen atoms in total. The molecular weight excluding hydrogens is 398 g/mol. The van der Waals surface area contributed by atoms with Crippen molar-refractivity contribution in [3.8, 4) is 0 Å². The zero-order valence-corrected chi connectivity index (χ0v) is 19.2. The van der Waals surface area contributed by atoms with Gasteiger partial charge in [-0.25, -0.2) is 0 Å². The van der Waals surface area contributed by atoms with Crippen LogP contribution >= 0.6 is 11.8 Å². The van der Waals surface area contributed by atoms with Crippen molar-refractivity contribution in [2.45, 2.75) is 77.0 Å². The van der Waals surface area contributed by atoms with Crippen molar-refractivity contribution in [3.63, 3.8) is 0 Å². The molecule has 0 heterocycles. The van der Waals surface area contributed by atoms with Gasteiger partial charge < -0.3 is 10.8 Å². The lowest BCUT2D eigenvalue weighted by atomic mass is 9.46. The van der Waals surface area contributed by atoms with Crippen LogP contribution in [0.15, 0.2) is 11.6 Å². The smallest absolute Gasteiger partial charge is 0.321 e. The van der Waals surface area contributed by atoms with Gasteiger partial charge in [0.25, 0.3) is 0 Å². The SMILES string of the molecule is CC(=O)[C@H]1C(SC[C@H](N)C(=O)O)C[C@H]2[C@@H]3CCC4=CC(=O)CC[C@]4(C)[C@H]3CC[C@]12C. The largest absolute Gasteiger partial charge is 0.480 e. The first-order valence-corrected chi connectivity index (χ1v) is 12.5. The fourth-order valence-electron chi connectivity index (χ4n) is 7.74. The zero-order valence-electron chi connectivity index (χ0n) is 18.4. The Bertz CT molecular complexity index is 794. The van der Waals surface area contributed by atoms with Crippen molar-refractivity contribution >= 4 is 29.3 Å². The van der Waals surface area contributed by atoms with Crippen molar-refractivity contribution in [1.29, 1.82) is 0 Å². The van der Waals surface area contributed by atoms with E-state index in [9.17, 15) is 14.4 Å². The quantitative estimate of drug-likeness (QED) is 0.683. The van der Waals surface area contributed by atoms with Crippen molar-refractivity contribution in [2.75, 3.05) is 5.75 Å². The second kappa shape index (κ2) is 7.77. The van der Waals surface area contributed by atoms with E-state index in [1.807, 2.05) is 6.08 Å². The summed E-state index contributed by atoms with van der Waals surface area (Å²) in [6.07, 6.45) is 8.81. The standard InChI is InChI=1S/C24H35NO4S/c1-13(26)21-20(30-12-19(25)22(28)29)11-18-16-5-4-14-10-15(27)6-8-23(14,2)17(16)7-9-24(18,21)3/h10,16-21H,4-9,11-12,25H2,1-3H3,(H,28,29)/t16-,17+,18+,19+,20?,21+,23+,24+/m1/s1. The molecule has 0 spiro atoms. The minimum atomic E-state index is -0.977. The number of aliphatic carboxylic acids is 1. The van der Waals surface area contributed by atoms with Gasteiger partial charge in [0.1, 0.15) is 11.8 Å². The van der Waals surface area contributed by atoms with Gasteiger partial charge in [0.15, 0.2) is 5.78 Å². The highest BCUT2D eigenvalue weighted by molar-refractivity contribution is 8.00. The third-order valence-electron chi connectivity index (χ3n) is 9.21. The fourth-order valence-corrected chi connectivity index (χ4v) is 9.37. The second-order valence-electron chi connectivity index (χ2n) is 10.7. The van der Waals surface area contributed by atoms with Crippen LogP contribution in [0.4, 0.5) is 0 Å². The van der Waals surface area contributed by atoms with Gasteiger partial charge in [-0.3, -0.25) is 14.4 Å². The average molecular weight is 434 g/mol. The van der Waals surface area contributed by atoms with Crippen molar-refractivity contribution in [1.82, 2.24) is 0 Å². The predicted octanol–water partition coefficient (Wildman–Crippen LogP) is 3.85. The van der Waals surface area contributed by atoms with Crippen LogP contribution in [0.2, 0.25) is 0 Å². The molecular formula is C24H35NO4S. The molecule has 0 aromatic rings. The molecule has 0 radical (unpaired) electrons. The Hall–Kier alpha value is -1.14. The van der Waals surface area contributed by atoms with E-state index in [4.69, 9.17) is 10.8 Å². The molecule has 4 rings (SSSR count). The molecule has 3 N–H and O–H groups in total. The molecule has 166 valence electrons. The molecule has 6 heteroatoms. The normalized spacial score (nSPS) is 43.8. The monoisotopic (exact) mass is 433 g/mol. The molecule has 4 aliphatic rings. The van der Waals surface area contributed by atoms with E-state index < -0.39 is 12.0 Å². The summed E-state index contributed by atoms with van der Waals surface area (Å²) in [5, 5.41) is 9.32. The average Bonchev–Trinajstić information content (AvgIpc) is 2.98. The second-order valence-corrected chi connectivity index (χ2v) is 11.9. The number of fused-ring (bicyclic) bond motifs is 5. The topological polar surface area (TPSA) is 97.5 Å². The molecule has 30 heavy (non-hydrogen) atoms. The van der Waals surface area contributed by atoms with E-state index in [1.54, 1.807) is 18.7 Å². The molecule has 1 unspecified atom stereocenters. The zero-order chi connectivity index (χ0) is 21.8. The van der Waals surface area contributed by atoms with Crippen LogP contribution in [-0.4, -0.2) is 39.7 Å². The van der Waals surface area contributed by atoms with Gasteiger partial charge in [-0.1, -0.05) is 19.4 Å². The first-order chi connectivity index (χ1) is 14.1. The van der Waals surface area contributed by atoms with E-state index in [1.165, 1.54) is 5.57 Å². The highest BCUT2D eigenvalue weighted by atomic mass is 32.2. The van der Waals surface area contributed by atoms with Crippen molar-refractivity contribution in [3.05, 3.63) is 11.6 Å². The Balaban J connectivity index is 1.60. The van der Waals surface area contributed by atoms with Gasteiger partial charge in [-0.2, -0.15) is 11.8 Å². The third-order valence-corrected chi connectivity index (χ3v) is 10.7. The number of hydrogen-bond acceptors (Lipinski definition) is 5. The molecule has 0 bridgehead atoms. The number of carboxylic acids is 1. The maximum Gasteiger partial charge on any atom is 0.321 e. The van der Waals surface area contributed by atoms with Crippen LogP contribution in [0.25, 0.3) is 0 Å². The third kappa shape index (κ3) is 3.38. The van der Waals surface area contributed by atoms with Gasteiger partial charge in [-0.05, 0) is 80.1 Å². The highest BCUT2D eigenvalue weighted by Gasteiger charge is 2.62. The van der Waals surface area contributed by atoms with Gasteiger partial charge in [0.05, 0.1) is 0 Å². The summed E-state index contributed by atoms with van der Waals surface area (Å²) in [4.78, 5) is 36.0. The van der Waals surface area contributed by atoms with E-state index in [0.717, 1.165) is 38.5 Å². The summed E-state index contributed by atoms with van der Waals surface area (Å²) in [5.74, 6) is 1.53. The number of ketones is 2. The summed E-state index contributed by atoms with van der Waals surface area (Å²) in [6, 6.07) is -0.883. The number of carbonyl (C=O) groups excluding carboxylic acids is 2. The number of Topliss-reactive ketones (excluding diaryl/α,β-unsaturated/α-hetero) is 1. The molecule has 0 saturated heterocycles. The van der Waals surface area contributed by atoms with Gasteiger partial charge in [-0.15, -0.1) is 0 Å².